The number of rotatable bonds is 2. The molecule has 0 radical (unpaired) electrons. The second kappa shape index (κ2) is 4.52. The standard InChI is InChI=1S/C13H18N/c1-12(13-8-4-2-5-9-13)14-10-6-3-7-11-14/h2-5,8-9,12H,6-7,10-11H2,1H3/q+1/t12-/m1/s1. The van der Waals surface area contributed by atoms with Gasteiger partial charge in [0.1, 0.15) is 12.8 Å². The fraction of sp³-hybridized carbons (Fsp3) is 0.462. The van der Waals surface area contributed by atoms with Gasteiger partial charge in [-0.3, -0.25) is 4.90 Å². The Balaban J connectivity index is 2.03. The maximum Gasteiger partial charge on any atom is 0.100 e. The number of likely N-dealkylation sites (tertiary alicyclic amines) is 1. The maximum absolute atomic E-state index is 2.56. The molecule has 0 bridgehead atoms. The molecule has 1 aromatic carbocycles. The van der Waals surface area contributed by atoms with Crippen LogP contribution in [0.4, 0.5) is 0 Å². The smallest absolute Gasteiger partial charge is 0.100 e. The Hall–Kier alpha value is -0.950. The number of benzene rings is 1. The lowest BCUT2D eigenvalue weighted by atomic mass is 10.0. The quantitative estimate of drug-likeness (QED) is 0.645. The third-order valence-corrected chi connectivity index (χ3v) is 3.07. The highest BCUT2D eigenvalue weighted by Gasteiger charge is 2.21. The van der Waals surface area contributed by atoms with Crippen LogP contribution < -0.4 is 0 Å². The van der Waals surface area contributed by atoms with Gasteiger partial charge in [-0.25, -0.2) is 0 Å². The van der Waals surface area contributed by atoms with E-state index < -0.39 is 0 Å². The van der Waals surface area contributed by atoms with Gasteiger partial charge in [0.2, 0.25) is 0 Å². The Bertz CT molecular complexity index is 262. The molecule has 1 nitrogen and oxygen atoms in total. The lowest BCUT2D eigenvalue weighted by Crippen LogP contribution is -2.32. The van der Waals surface area contributed by atoms with Gasteiger partial charge in [0.25, 0.3) is 0 Å². The molecule has 2 rings (SSSR count). The molecule has 1 aliphatic heterocycles. The van der Waals surface area contributed by atoms with Crippen LogP contribution in [0.25, 0.3) is 0 Å². The molecule has 0 aliphatic carbocycles. The largest absolute Gasteiger partial charge is 0.288 e. The third kappa shape index (κ3) is 2.10. The molecular weight excluding hydrogens is 170 g/mol. The second-order valence-electron chi connectivity index (χ2n) is 3.99. The van der Waals surface area contributed by atoms with Gasteiger partial charge in [0, 0.05) is 19.1 Å². The Morgan fingerprint density at radius 2 is 1.79 bits per heavy atom. The average Bonchev–Trinajstić information content (AvgIpc) is 2.30. The van der Waals surface area contributed by atoms with Crippen molar-refractivity contribution in [2.75, 3.05) is 13.1 Å². The zero-order valence-corrected chi connectivity index (χ0v) is 8.82. The van der Waals surface area contributed by atoms with E-state index in [9.17, 15) is 0 Å². The van der Waals surface area contributed by atoms with Crippen LogP contribution in [0.15, 0.2) is 30.3 Å². The molecule has 0 spiro atoms. The highest BCUT2D eigenvalue weighted by Crippen LogP contribution is 2.23. The van der Waals surface area contributed by atoms with E-state index in [0.29, 0.717) is 6.04 Å². The fourth-order valence-electron chi connectivity index (χ4n) is 2.10. The first-order valence-electron chi connectivity index (χ1n) is 5.48. The summed E-state index contributed by atoms with van der Waals surface area (Å²) < 4.78 is 0. The highest BCUT2D eigenvalue weighted by molar-refractivity contribution is 5.18. The van der Waals surface area contributed by atoms with Gasteiger partial charge in [-0.1, -0.05) is 30.3 Å². The van der Waals surface area contributed by atoms with Crippen LogP contribution in [0.2, 0.25) is 0 Å². The molecule has 1 aromatic rings. The zero-order chi connectivity index (χ0) is 9.80. The van der Waals surface area contributed by atoms with E-state index in [-0.39, 0.29) is 0 Å². The summed E-state index contributed by atoms with van der Waals surface area (Å²) in [5.41, 5.74) is 1.44. The van der Waals surface area contributed by atoms with Crippen molar-refractivity contribution in [3.8, 4) is 0 Å². The molecule has 1 saturated heterocycles. The Morgan fingerprint density at radius 1 is 1.14 bits per heavy atom. The number of piperidine rings is 1. The minimum atomic E-state index is 0.574. The lowest BCUT2D eigenvalue weighted by Gasteiger charge is -2.29. The molecular formula is C13H18N+. The van der Waals surface area contributed by atoms with Gasteiger partial charge < -0.3 is 0 Å². The van der Waals surface area contributed by atoms with Crippen molar-refractivity contribution in [1.82, 2.24) is 4.90 Å². The summed E-state index contributed by atoms with van der Waals surface area (Å²) in [6, 6.07) is 11.4. The van der Waals surface area contributed by atoms with Crippen molar-refractivity contribution >= 4 is 0 Å². The van der Waals surface area contributed by atoms with Crippen molar-refractivity contribution in [3.63, 3.8) is 0 Å². The van der Waals surface area contributed by atoms with Gasteiger partial charge in [0.05, 0.1) is 6.42 Å². The molecule has 1 atom stereocenters. The van der Waals surface area contributed by atoms with Crippen molar-refractivity contribution in [2.24, 2.45) is 0 Å². The third-order valence-electron chi connectivity index (χ3n) is 3.07. The van der Waals surface area contributed by atoms with Crippen LogP contribution in [-0.4, -0.2) is 18.0 Å². The maximum atomic E-state index is 2.56. The van der Waals surface area contributed by atoms with Gasteiger partial charge in [0.15, 0.2) is 0 Å². The van der Waals surface area contributed by atoms with Gasteiger partial charge >= 0.3 is 0 Å². The summed E-state index contributed by atoms with van der Waals surface area (Å²) in [6.45, 7) is 4.74. The van der Waals surface area contributed by atoms with Gasteiger partial charge in [-0.05, 0) is 12.5 Å². The SMILES string of the molecule is C[C@H](c1ccccc1)N1CC[CH+]CC1. The minimum Gasteiger partial charge on any atom is -0.288 e. The lowest BCUT2D eigenvalue weighted by molar-refractivity contribution is 0.194. The first kappa shape index (κ1) is 9.60. The van der Waals surface area contributed by atoms with E-state index in [1.807, 2.05) is 0 Å². The van der Waals surface area contributed by atoms with Crippen LogP contribution in [0.5, 0.6) is 0 Å². The van der Waals surface area contributed by atoms with E-state index in [1.54, 1.807) is 0 Å². The molecule has 1 heteroatoms. The van der Waals surface area contributed by atoms with Crippen molar-refractivity contribution in [1.29, 1.82) is 0 Å². The average molecular weight is 188 g/mol. The first-order valence-corrected chi connectivity index (χ1v) is 5.48. The van der Waals surface area contributed by atoms with Crippen molar-refractivity contribution in [3.05, 3.63) is 42.3 Å². The molecule has 1 heterocycles. The summed E-state index contributed by atoms with van der Waals surface area (Å²) in [5, 5.41) is 0. The topological polar surface area (TPSA) is 3.24 Å². The molecule has 0 aromatic heterocycles. The van der Waals surface area contributed by atoms with Crippen LogP contribution in [0.3, 0.4) is 0 Å². The van der Waals surface area contributed by atoms with Crippen LogP contribution >= 0.6 is 0 Å². The number of hydrogen-bond acceptors (Lipinski definition) is 1. The number of nitrogens with zero attached hydrogens (tertiary/aromatic N) is 1. The molecule has 0 amide bonds. The summed E-state index contributed by atoms with van der Waals surface area (Å²) in [6.07, 6.45) is 4.89. The van der Waals surface area contributed by atoms with E-state index >= 15 is 0 Å². The van der Waals surface area contributed by atoms with E-state index in [1.165, 1.54) is 31.5 Å². The predicted molar refractivity (Wildman–Crippen MR) is 60.0 cm³/mol. The summed E-state index contributed by atoms with van der Waals surface area (Å²) >= 11 is 0. The van der Waals surface area contributed by atoms with Gasteiger partial charge in [-0.15, -0.1) is 0 Å². The monoisotopic (exact) mass is 188 g/mol. The van der Waals surface area contributed by atoms with Crippen LogP contribution in [-0.2, 0) is 0 Å². The molecule has 0 unspecified atom stereocenters. The molecule has 0 N–H and O–H groups in total. The first-order chi connectivity index (χ1) is 6.88. The predicted octanol–water partition coefficient (Wildman–Crippen LogP) is 3.05. The molecule has 1 aliphatic rings. The van der Waals surface area contributed by atoms with Gasteiger partial charge in [-0.2, -0.15) is 0 Å². The Labute approximate surface area is 86.7 Å². The van der Waals surface area contributed by atoms with E-state index in [4.69, 9.17) is 0 Å². The Kier molecular flexibility index (Phi) is 3.10. The number of hydrogen-bond donors (Lipinski definition) is 0. The molecule has 1 fully saturated rings. The minimum absolute atomic E-state index is 0.574. The van der Waals surface area contributed by atoms with Crippen LogP contribution in [0, 0.1) is 6.42 Å². The van der Waals surface area contributed by atoms with Crippen molar-refractivity contribution < 1.29 is 0 Å². The second-order valence-corrected chi connectivity index (χ2v) is 3.99. The summed E-state index contributed by atoms with van der Waals surface area (Å²) in [7, 11) is 0. The van der Waals surface area contributed by atoms with E-state index in [2.05, 4.69) is 48.6 Å². The highest BCUT2D eigenvalue weighted by atomic mass is 15.2. The van der Waals surface area contributed by atoms with Crippen LogP contribution in [0.1, 0.15) is 31.4 Å². The fourth-order valence-corrected chi connectivity index (χ4v) is 2.10. The molecule has 0 saturated carbocycles. The zero-order valence-electron chi connectivity index (χ0n) is 8.82. The Morgan fingerprint density at radius 3 is 2.43 bits per heavy atom. The summed E-state index contributed by atoms with van der Waals surface area (Å²) in [5.74, 6) is 0. The molecule has 74 valence electrons. The summed E-state index contributed by atoms with van der Waals surface area (Å²) in [4.78, 5) is 2.56. The normalized spacial score (nSPS) is 20.1. The molecule has 14 heavy (non-hydrogen) atoms. The van der Waals surface area contributed by atoms with E-state index in [0.717, 1.165) is 0 Å². The van der Waals surface area contributed by atoms with Crippen molar-refractivity contribution in [2.45, 2.75) is 25.8 Å².